The summed E-state index contributed by atoms with van der Waals surface area (Å²) in [5, 5.41) is 9.40. The maximum atomic E-state index is 11.4. The van der Waals surface area contributed by atoms with Gasteiger partial charge in [-0.2, -0.15) is 0 Å². The van der Waals surface area contributed by atoms with Crippen molar-refractivity contribution in [1.82, 2.24) is 0 Å². The second-order valence-corrected chi connectivity index (χ2v) is 9.48. The van der Waals surface area contributed by atoms with E-state index in [0.717, 1.165) is 0 Å². The molecule has 0 aromatic heterocycles. The van der Waals surface area contributed by atoms with Crippen molar-refractivity contribution in [3.8, 4) is 0 Å². The number of hydrogen-bond donors (Lipinski definition) is 1. The van der Waals surface area contributed by atoms with Crippen molar-refractivity contribution in [3.63, 3.8) is 0 Å². The highest BCUT2D eigenvalue weighted by Gasteiger charge is 2.60. The molecule has 20 heavy (non-hydrogen) atoms. The van der Waals surface area contributed by atoms with Crippen molar-refractivity contribution < 1.29 is 9.90 Å². The first-order chi connectivity index (χ1) is 8.92. The summed E-state index contributed by atoms with van der Waals surface area (Å²) in [6.45, 7) is 14.1. The summed E-state index contributed by atoms with van der Waals surface area (Å²) >= 11 is 0. The highest BCUT2D eigenvalue weighted by Crippen LogP contribution is 2.69. The molecule has 0 aromatic carbocycles. The SMILES string of the molecule is CC1(C)CCCC2(CC(C)(C)C(C)(C)C2)C1CC(=O)O. The van der Waals surface area contributed by atoms with Crippen LogP contribution in [0.4, 0.5) is 0 Å². The van der Waals surface area contributed by atoms with Crippen molar-refractivity contribution in [2.45, 2.75) is 80.1 Å². The molecule has 1 atom stereocenters. The minimum atomic E-state index is -0.619. The third-order valence-corrected chi connectivity index (χ3v) is 6.98. The van der Waals surface area contributed by atoms with Crippen molar-refractivity contribution in [2.24, 2.45) is 27.6 Å². The molecule has 1 spiro atoms. The lowest BCUT2D eigenvalue weighted by Gasteiger charge is -2.51. The largest absolute Gasteiger partial charge is 0.481 e. The minimum Gasteiger partial charge on any atom is -0.481 e. The van der Waals surface area contributed by atoms with Crippen LogP contribution in [0.2, 0.25) is 0 Å². The Labute approximate surface area is 124 Å². The topological polar surface area (TPSA) is 37.3 Å². The van der Waals surface area contributed by atoms with E-state index in [2.05, 4.69) is 41.5 Å². The van der Waals surface area contributed by atoms with Crippen LogP contribution in [0.1, 0.15) is 80.1 Å². The summed E-state index contributed by atoms with van der Waals surface area (Å²) < 4.78 is 0. The number of carbonyl (C=O) groups is 1. The third-order valence-electron chi connectivity index (χ3n) is 6.98. The van der Waals surface area contributed by atoms with Gasteiger partial charge in [-0.1, -0.05) is 48.0 Å². The van der Waals surface area contributed by atoms with E-state index in [-0.39, 0.29) is 10.8 Å². The molecular formula is C18H32O2. The molecule has 2 heteroatoms. The molecule has 0 radical (unpaired) electrons. The average Bonchev–Trinajstić information content (AvgIpc) is 2.39. The zero-order chi connectivity index (χ0) is 15.4. The van der Waals surface area contributed by atoms with Gasteiger partial charge in [-0.05, 0) is 53.3 Å². The first-order valence-corrected chi connectivity index (χ1v) is 8.14. The summed E-state index contributed by atoms with van der Waals surface area (Å²) in [5.41, 5.74) is 1.01. The van der Waals surface area contributed by atoms with Crippen LogP contribution in [0.25, 0.3) is 0 Å². The van der Waals surface area contributed by atoms with Gasteiger partial charge in [0.25, 0.3) is 0 Å². The first kappa shape index (κ1) is 15.9. The Balaban J connectivity index is 2.40. The van der Waals surface area contributed by atoms with Gasteiger partial charge < -0.3 is 5.11 Å². The molecule has 2 saturated carbocycles. The van der Waals surface area contributed by atoms with Crippen molar-refractivity contribution in [2.75, 3.05) is 0 Å². The Kier molecular flexibility index (Phi) is 3.55. The van der Waals surface area contributed by atoms with E-state index in [1.165, 1.54) is 32.1 Å². The van der Waals surface area contributed by atoms with Gasteiger partial charge in [0, 0.05) is 6.42 Å². The molecule has 2 nitrogen and oxygen atoms in total. The molecule has 2 aliphatic carbocycles. The van der Waals surface area contributed by atoms with Gasteiger partial charge in [0.2, 0.25) is 0 Å². The molecule has 0 bridgehead atoms. The second kappa shape index (κ2) is 4.48. The second-order valence-electron chi connectivity index (χ2n) is 9.48. The summed E-state index contributed by atoms with van der Waals surface area (Å²) in [6.07, 6.45) is 6.38. The van der Waals surface area contributed by atoms with Crippen LogP contribution in [0, 0.1) is 27.6 Å². The van der Waals surface area contributed by atoms with E-state index in [0.29, 0.717) is 23.2 Å². The molecule has 0 amide bonds. The van der Waals surface area contributed by atoms with Crippen LogP contribution < -0.4 is 0 Å². The minimum absolute atomic E-state index is 0.160. The quantitative estimate of drug-likeness (QED) is 0.762. The Morgan fingerprint density at radius 3 is 1.95 bits per heavy atom. The van der Waals surface area contributed by atoms with E-state index in [9.17, 15) is 9.90 Å². The highest BCUT2D eigenvalue weighted by atomic mass is 16.4. The highest BCUT2D eigenvalue weighted by molar-refractivity contribution is 5.67. The van der Waals surface area contributed by atoms with E-state index < -0.39 is 5.97 Å². The number of carboxylic acid groups (broad SMARTS) is 1. The van der Waals surface area contributed by atoms with Crippen LogP contribution in [0.3, 0.4) is 0 Å². The zero-order valence-electron chi connectivity index (χ0n) is 14.2. The van der Waals surface area contributed by atoms with E-state index in [1.54, 1.807) is 0 Å². The predicted molar refractivity (Wildman–Crippen MR) is 82.6 cm³/mol. The average molecular weight is 280 g/mol. The van der Waals surface area contributed by atoms with Crippen molar-refractivity contribution in [3.05, 3.63) is 0 Å². The van der Waals surface area contributed by atoms with Gasteiger partial charge in [0.05, 0.1) is 0 Å². The van der Waals surface area contributed by atoms with Crippen LogP contribution in [-0.4, -0.2) is 11.1 Å². The zero-order valence-corrected chi connectivity index (χ0v) is 14.2. The Bertz CT molecular complexity index is 388. The number of hydrogen-bond acceptors (Lipinski definition) is 1. The lowest BCUT2D eigenvalue weighted by molar-refractivity contribution is -0.143. The summed E-state index contributed by atoms with van der Waals surface area (Å²) in [4.78, 5) is 11.4. The molecule has 0 aliphatic heterocycles. The Morgan fingerprint density at radius 2 is 1.50 bits per heavy atom. The predicted octanol–water partition coefficient (Wildman–Crippen LogP) is 5.12. The van der Waals surface area contributed by atoms with Gasteiger partial charge in [0.15, 0.2) is 0 Å². The monoisotopic (exact) mass is 280 g/mol. The van der Waals surface area contributed by atoms with Crippen LogP contribution in [0.5, 0.6) is 0 Å². The van der Waals surface area contributed by atoms with Gasteiger partial charge in [-0.15, -0.1) is 0 Å². The Hall–Kier alpha value is -0.530. The van der Waals surface area contributed by atoms with E-state index in [4.69, 9.17) is 0 Å². The maximum Gasteiger partial charge on any atom is 0.303 e. The molecule has 2 rings (SSSR count). The summed E-state index contributed by atoms with van der Waals surface area (Å²) in [6, 6.07) is 0. The van der Waals surface area contributed by atoms with Gasteiger partial charge >= 0.3 is 5.97 Å². The number of carboxylic acids is 1. The van der Waals surface area contributed by atoms with Crippen molar-refractivity contribution in [1.29, 1.82) is 0 Å². The van der Waals surface area contributed by atoms with E-state index >= 15 is 0 Å². The molecule has 116 valence electrons. The smallest absolute Gasteiger partial charge is 0.303 e. The van der Waals surface area contributed by atoms with Gasteiger partial charge in [-0.25, -0.2) is 0 Å². The molecule has 2 fully saturated rings. The fraction of sp³-hybridized carbons (Fsp3) is 0.944. The molecule has 0 saturated heterocycles. The number of aliphatic carboxylic acids is 1. The summed E-state index contributed by atoms with van der Waals surface area (Å²) in [5.74, 6) is -0.297. The molecule has 0 aromatic rings. The molecule has 0 heterocycles. The molecule has 1 N–H and O–H groups in total. The van der Waals surface area contributed by atoms with Crippen LogP contribution in [0.15, 0.2) is 0 Å². The maximum absolute atomic E-state index is 11.4. The number of rotatable bonds is 2. The van der Waals surface area contributed by atoms with Gasteiger partial charge in [-0.3, -0.25) is 4.79 Å². The van der Waals surface area contributed by atoms with Crippen LogP contribution in [-0.2, 0) is 4.79 Å². The molecule has 2 aliphatic rings. The van der Waals surface area contributed by atoms with E-state index in [1.807, 2.05) is 0 Å². The lowest BCUT2D eigenvalue weighted by atomic mass is 9.53. The molecule has 1 unspecified atom stereocenters. The lowest BCUT2D eigenvalue weighted by Crippen LogP contribution is -2.44. The fourth-order valence-corrected chi connectivity index (χ4v) is 5.47. The summed E-state index contributed by atoms with van der Waals surface area (Å²) in [7, 11) is 0. The standard InChI is InChI=1S/C18H32O2/c1-15(2)8-7-9-18(13(15)10-14(19)20)11-16(3,4)17(5,6)12-18/h13H,7-12H2,1-6H3,(H,19,20). The molecular weight excluding hydrogens is 248 g/mol. The fourth-order valence-electron chi connectivity index (χ4n) is 5.47. The van der Waals surface area contributed by atoms with Gasteiger partial charge in [0.1, 0.15) is 0 Å². The first-order valence-electron chi connectivity index (χ1n) is 8.14. The van der Waals surface area contributed by atoms with Crippen molar-refractivity contribution >= 4 is 5.97 Å². The van der Waals surface area contributed by atoms with Crippen LogP contribution >= 0.6 is 0 Å². The Morgan fingerprint density at radius 1 is 1.00 bits per heavy atom. The normalized spacial score (nSPS) is 33.2. The third kappa shape index (κ3) is 2.40.